The van der Waals surface area contributed by atoms with Crippen LogP contribution in [0.1, 0.15) is 19.8 Å². The van der Waals surface area contributed by atoms with E-state index >= 15 is 0 Å². The van der Waals surface area contributed by atoms with Crippen LogP contribution in [-0.4, -0.2) is 30.3 Å². The van der Waals surface area contributed by atoms with E-state index < -0.39 is 0 Å². The van der Waals surface area contributed by atoms with Gasteiger partial charge in [0.1, 0.15) is 0 Å². The SMILES string of the molecule is CCC(O)C1CC(N)CN(c2cccc(Cl)c2)C1. The van der Waals surface area contributed by atoms with E-state index in [1.165, 1.54) is 0 Å². The van der Waals surface area contributed by atoms with E-state index in [-0.39, 0.29) is 18.1 Å². The van der Waals surface area contributed by atoms with Crippen LogP contribution < -0.4 is 10.6 Å². The zero-order chi connectivity index (χ0) is 13.1. The maximum absolute atomic E-state index is 10.0. The Bertz CT molecular complexity index is 399. The van der Waals surface area contributed by atoms with Crippen LogP contribution in [-0.2, 0) is 0 Å². The van der Waals surface area contributed by atoms with Gasteiger partial charge in [0.15, 0.2) is 0 Å². The standard InChI is InChI=1S/C14H21ClN2O/c1-2-14(18)10-6-12(16)9-17(8-10)13-5-3-4-11(15)7-13/h3-5,7,10,12,14,18H,2,6,8-9,16H2,1H3. The first-order chi connectivity index (χ1) is 8.60. The summed E-state index contributed by atoms with van der Waals surface area (Å²) in [6.45, 7) is 3.69. The molecule has 1 aromatic carbocycles. The van der Waals surface area contributed by atoms with Crippen LogP contribution in [0, 0.1) is 5.92 Å². The highest BCUT2D eigenvalue weighted by Crippen LogP contribution is 2.27. The fraction of sp³-hybridized carbons (Fsp3) is 0.571. The van der Waals surface area contributed by atoms with Gasteiger partial charge in [-0.15, -0.1) is 0 Å². The summed E-state index contributed by atoms with van der Waals surface area (Å²) in [6, 6.07) is 7.92. The Balaban J connectivity index is 2.13. The molecule has 100 valence electrons. The highest BCUT2D eigenvalue weighted by Gasteiger charge is 2.29. The van der Waals surface area contributed by atoms with E-state index in [4.69, 9.17) is 17.3 Å². The number of piperidine rings is 1. The number of rotatable bonds is 3. The van der Waals surface area contributed by atoms with Crippen molar-refractivity contribution in [3.8, 4) is 0 Å². The van der Waals surface area contributed by atoms with Crippen molar-refractivity contribution in [2.45, 2.75) is 31.9 Å². The van der Waals surface area contributed by atoms with Gasteiger partial charge in [0, 0.05) is 35.8 Å². The molecule has 3 atom stereocenters. The van der Waals surface area contributed by atoms with Gasteiger partial charge < -0.3 is 15.7 Å². The average Bonchev–Trinajstić information content (AvgIpc) is 2.37. The molecule has 3 N–H and O–H groups in total. The Morgan fingerprint density at radius 3 is 2.94 bits per heavy atom. The number of nitrogens with zero attached hydrogens (tertiary/aromatic N) is 1. The van der Waals surface area contributed by atoms with Crippen molar-refractivity contribution in [2.24, 2.45) is 11.7 Å². The number of aliphatic hydroxyl groups is 1. The number of hydrogen-bond acceptors (Lipinski definition) is 3. The van der Waals surface area contributed by atoms with E-state index in [2.05, 4.69) is 4.90 Å². The third kappa shape index (κ3) is 3.16. The van der Waals surface area contributed by atoms with E-state index in [0.29, 0.717) is 0 Å². The summed E-state index contributed by atoms with van der Waals surface area (Å²) in [5.74, 6) is 0.248. The predicted molar refractivity (Wildman–Crippen MR) is 76.0 cm³/mol. The molecule has 0 aliphatic carbocycles. The number of hydrogen-bond donors (Lipinski definition) is 2. The molecular weight excluding hydrogens is 248 g/mol. The van der Waals surface area contributed by atoms with Crippen LogP contribution in [0.25, 0.3) is 0 Å². The molecule has 3 unspecified atom stereocenters. The summed E-state index contributed by atoms with van der Waals surface area (Å²) in [7, 11) is 0. The smallest absolute Gasteiger partial charge is 0.0583 e. The first-order valence-corrected chi connectivity index (χ1v) is 6.92. The molecule has 1 heterocycles. The van der Waals surface area contributed by atoms with Gasteiger partial charge in [-0.3, -0.25) is 0 Å². The van der Waals surface area contributed by atoms with Crippen molar-refractivity contribution in [2.75, 3.05) is 18.0 Å². The lowest BCUT2D eigenvalue weighted by Gasteiger charge is -2.39. The molecule has 1 fully saturated rings. The Morgan fingerprint density at radius 1 is 1.50 bits per heavy atom. The Morgan fingerprint density at radius 2 is 2.28 bits per heavy atom. The maximum atomic E-state index is 10.0. The van der Waals surface area contributed by atoms with E-state index in [1.807, 2.05) is 31.2 Å². The third-order valence-corrected chi connectivity index (χ3v) is 3.89. The first-order valence-electron chi connectivity index (χ1n) is 6.54. The van der Waals surface area contributed by atoms with Crippen LogP contribution in [0.5, 0.6) is 0 Å². The Hall–Kier alpha value is -0.770. The summed E-state index contributed by atoms with van der Waals surface area (Å²) < 4.78 is 0. The summed E-state index contributed by atoms with van der Waals surface area (Å²) >= 11 is 6.02. The quantitative estimate of drug-likeness (QED) is 0.884. The molecule has 4 heteroatoms. The van der Waals surface area contributed by atoms with Gasteiger partial charge >= 0.3 is 0 Å². The molecule has 1 saturated heterocycles. The van der Waals surface area contributed by atoms with Crippen molar-refractivity contribution in [3.63, 3.8) is 0 Å². The molecule has 3 nitrogen and oxygen atoms in total. The van der Waals surface area contributed by atoms with Gasteiger partial charge in [0.05, 0.1) is 6.10 Å². The molecule has 1 aliphatic heterocycles. The minimum atomic E-state index is -0.266. The first kappa shape index (κ1) is 13.7. The fourth-order valence-corrected chi connectivity index (χ4v) is 2.86. The van der Waals surface area contributed by atoms with E-state index in [1.54, 1.807) is 0 Å². The Kier molecular flexibility index (Phi) is 4.49. The normalized spacial score (nSPS) is 26.1. The average molecular weight is 269 g/mol. The summed E-state index contributed by atoms with van der Waals surface area (Å²) in [4.78, 5) is 2.23. The van der Waals surface area contributed by atoms with Crippen molar-refractivity contribution in [1.29, 1.82) is 0 Å². The molecule has 0 saturated carbocycles. The van der Waals surface area contributed by atoms with Gasteiger partial charge in [0.25, 0.3) is 0 Å². The van der Waals surface area contributed by atoms with Crippen molar-refractivity contribution in [3.05, 3.63) is 29.3 Å². The van der Waals surface area contributed by atoms with Gasteiger partial charge in [-0.2, -0.15) is 0 Å². The monoisotopic (exact) mass is 268 g/mol. The number of aliphatic hydroxyl groups excluding tert-OH is 1. The summed E-state index contributed by atoms with van der Waals surface area (Å²) in [5, 5.41) is 10.7. The highest BCUT2D eigenvalue weighted by molar-refractivity contribution is 6.30. The lowest BCUT2D eigenvalue weighted by Crippen LogP contribution is -2.50. The largest absolute Gasteiger partial charge is 0.393 e. The highest BCUT2D eigenvalue weighted by atomic mass is 35.5. The van der Waals surface area contributed by atoms with Crippen LogP contribution in [0.3, 0.4) is 0 Å². The molecule has 0 bridgehead atoms. The number of halogens is 1. The number of benzene rings is 1. The van der Waals surface area contributed by atoms with Crippen LogP contribution in [0.2, 0.25) is 5.02 Å². The summed E-state index contributed by atoms with van der Waals surface area (Å²) in [6.07, 6.45) is 1.41. The zero-order valence-corrected chi connectivity index (χ0v) is 11.5. The molecule has 1 aromatic rings. The zero-order valence-electron chi connectivity index (χ0n) is 10.7. The summed E-state index contributed by atoms with van der Waals surface area (Å²) in [5.41, 5.74) is 7.19. The van der Waals surface area contributed by atoms with Crippen molar-refractivity contribution >= 4 is 17.3 Å². The molecular formula is C14H21ClN2O. The van der Waals surface area contributed by atoms with Crippen molar-refractivity contribution < 1.29 is 5.11 Å². The minimum absolute atomic E-state index is 0.115. The Labute approximate surface area is 114 Å². The molecule has 0 spiro atoms. The molecule has 0 radical (unpaired) electrons. The molecule has 1 aliphatic rings. The second-order valence-corrected chi connectivity index (χ2v) is 5.55. The fourth-order valence-electron chi connectivity index (χ4n) is 2.67. The van der Waals surface area contributed by atoms with Crippen LogP contribution in [0.15, 0.2) is 24.3 Å². The van der Waals surface area contributed by atoms with Gasteiger partial charge in [-0.25, -0.2) is 0 Å². The van der Waals surface area contributed by atoms with Crippen molar-refractivity contribution in [1.82, 2.24) is 0 Å². The second kappa shape index (κ2) is 5.91. The molecule has 0 amide bonds. The van der Waals surface area contributed by atoms with Gasteiger partial charge in [-0.1, -0.05) is 24.6 Å². The van der Waals surface area contributed by atoms with E-state index in [9.17, 15) is 5.11 Å². The van der Waals surface area contributed by atoms with Crippen LogP contribution >= 0.6 is 11.6 Å². The predicted octanol–water partition coefficient (Wildman–Crippen LogP) is 2.26. The second-order valence-electron chi connectivity index (χ2n) is 5.12. The van der Waals surface area contributed by atoms with E-state index in [0.717, 1.165) is 36.6 Å². The third-order valence-electron chi connectivity index (χ3n) is 3.65. The van der Waals surface area contributed by atoms with Gasteiger partial charge in [0.2, 0.25) is 0 Å². The van der Waals surface area contributed by atoms with Gasteiger partial charge in [-0.05, 0) is 31.0 Å². The lowest BCUT2D eigenvalue weighted by atomic mass is 9.88. The topological polar surface area (TPSA) is 49.5 Å². The van der Waals surface area contributed by atoms with Crippen LogP contribution in [0.4, 0.5) is 5.69 Å². The molecule has 0 aromatic heterocycles. The lowest BCUT2D eigenvalue weighted by molar-refractivity contribution is 0.0902. The number of anilines is 1. The minimum Gasteiger partial charge on any atom is -0.393 e. The molecule has 18 heavy (non-hydrogen) atoms. The molecule has 2 rings (SSSR count). The number of nitrogens with two attached hydrogens (primary N) is 1. The maximum Gasteiger partial charge on any atom is 0.0583 e.